The van der Waals surface area contributed by atoms with Gasteiger partial charge in [0.2, 0.25) is 17.8 Å². The summed E-state index contributed by atoms with van der Waals surface area (Å²) in [6.45, 7) is 19.8. The summed E-state index contributed by atoms with van der Waals surface area (Å²) in [7, 11) is 0. The molecule has 0 spiro atoms. The van der Waals surface area contributed by atoms with Crippen molar-refractivity contribution in [2.24, 2.45) is 0 Å². The Morgan fingerprint density at radius 3 is 0.649 bits per heavy atom. The van der Waals surface area contributed by atoms with Crippen molar-refractivity contribution in [1.82, 2.24) is 15.0 Å². The number of nitrogens with zero attached hydrogens (tertiary/aromatic N) is 6. The lowest BCUT2D eigenvalue weighted by Gasteiger charge is -2.28. The van der Waals surface area contributed by atoms with E-state index in [1.807, 2.05) is 0 Å². The van der Waals surface area contributed by atoms with Crippen molar-refractivity contribution >= 4 is 52.5 Å². The lowest BCUT2D eigenvalue weighted by Crippen LogP contribution is -2.37. The van der Waals surface area contributed by atoms with Gasteiger partial charge in [-0.15, -0.1) is 0 Å². The molecule has 57 heavy (non-hydrogen) atoms. The highest BCUT2D eigenvalue weighted by molar-refractivity contribution is 5.90. The zero-order valence-electron chi connectivity index (χ0n) is 32.5. The van der Waals surface area contributed by atoms with Gasteiger partial charge in [0, 0.05) is 38.5 Å². The van der Waals surface area contributed by atoms with E-state index in [1.54, 1.807) is 0 Å². The fourth-order valence-electron chi connectivity index (χ4n) is 3.92. The summed E-state index contributed by atoms with van der Waals surface area (Å²) in [5.41, 5.74) is 0. The van der Waals surface area contributed by atoms with Crippen LogP contribution in [-0.4, -0.2) is 130 Å². The van der Waals surface area contributed by atoms with E-state index in [0.29, 0.717) is 0 Å². The summed E-state index contributed by atoms with van der Waals surface area (Å²) in [5, 5.41) is 0. The summed E-state index contributed by atoms with van der Waals surface area (Å²) >= 11 is 0. The number of rotatable bonds is 39. The number of allylic oxidation sites excluding steroid dienone is 6. The van der Waals surface area contributed by atoms with Gasteiger partial charge in [0.05, 0.1) is 39.6 Å². The number of ether oxygens (including phenoxy) is 6. The monoisotopic (exact) mass is 798 g/mol. The van der Waals surface area contributed by atoms with E-state index in [9.17, 15) is 28.8 Å². The topological polar surface area (TPSA) is 206 Å². The summed E-state index contributed by atoms with van der Waals surface area (Å²) in [6, 6.07) is 0. The van der Waals surface area contributed by atoms with Crippen molar-refractivity contribution in [3.8, 4) is 0 Å². The van der Waals surface area contributed by atoms with Crippen LogP contribution < -0.4 is 14.7 Å². The molecule has 1 aromatic heterocycles. The highest BCUT2D eigenvalue weighted by Crippen LogP contribution is 2.21. The maximum atomic E-state index is 11.9. The predicted molar refractivity (Wildman–Crippen MR) is 211 cm³/mol. The highest BCUT2D eigenvalue weighted by Gasteiger charge is 2.22. The molecule has 18 heteroatoms. The molecule has 1 aromatic rings. The molecule has 0 saturated heterocycles. The highest BCUT2D eigenvalue weighted by atomic mass is 16.5. The molecule has 0 aromatic carbocycles. The van der Waals surface area contributed by atoms with Crippen LogP contribution in [0.25, 0.3) is 0 Å². The number of carbonyl (C=O) groups excluding carboxylic acids is 6. The van der Waals surface area contributed by atoms with Gasteiger partial charge >= 0.3 is 0 Å². The van der Waals surface area contributed by atoms with Crippen molar-refractivity contribution in [2.75, 3.05) is 94.7 Å². The van der Waals surface area contributed by atoms with Gasteiger partial charge in [0.15, 0.2) is 34.7 Å². The first kappa shape index (κ1) is 49.6. The molecule has 0 atom stereocenters. The maximum absolute atomic E-state index is 11.9. The van der Waals surface area contributed by atoms with Crippen molar-refractivity contribution < 1.29 is 57.2 Å². The lowest BCUT2D eigenvalue weighted by atomic mass is 10.3. The Bertz CT molecular complexity index is 1260. The Morgan fingerprint density at radius 1 is 0.351 bits per heavy atom. The summed E-state index contributed by atoms with van der Waals surface area (Å²) in [5.74, 6) is -1.42. The fourth-order valence-corrected chi connectivity index (χ4v) is 3.92. The van der Waals surface area contributed by atoms with E-state index in [4.69, 9.17) is 28.4 Å². The molecule has 0 fully saturated rings. The van der Waals surface area contributed by atoms with Gasteiger partial charge in [0.1, 0.15) is 40.4 Å². The van der Waals surface area contributed by atoms with E-state index in [2.05, 4.69) is 54.4 Å². The third kappa shape index (κ3) is 22.7. The van der Waals surface area contributed by atoms with E-state index in [0.717, 1.165) is 0 Å². The molecule has 1 heterocycles. The molecule has 0 radical (unpaired) electrons. The van der Waals surface area contributed by atoms with Gasteiger partial charge in [-0.2, -0.15) is 15.0 Å². The minimum absolute atomic E-state index is 0.0116. The van der Waals surface area contributed by atoms with Crippen LogP contribution in [0.15, 0.2) is 75.9 Å². The van der Waals surface area contributed by atoms with Gasteiger partial charge in [-0.1, -0.05) is 39.5 Å². The number of ketones is 6. The smallest absolute Gasteiger partial charge is 0.235 e. The van der Waals surface area contributed by atoms with Crippen LogP contribution in [0.1, 0.15) is 38.5 Å². The number of anilines is 3. The van der Waals surface area contributed by atoms with Gasteiger partial charge in [-0.3, -0.25) is 43.5 Å². The molecule has 0 aliphatic rings. The SMILES string of the molecule is C=CC(=O)CCOCN(COCCC(=O)C=C)c1nc(N(COCCC(=O)C=C)COCCC(=O)C=C)nc(N(COCCC(=O)C=C)COCCC(=O)C=C)n1. The second kappa shape index (κ2) is 30.8. The third-order valence-electron chi connectivity index (χ3n) is 7.25. The zero-order chi connectivity index (χ0) is 42.3. The molecule has 312 valence electrons. The van der Waals surface area contributed by atoms with Crippen LogP contribution in [0.4, 0.5) is 17.8 Å². The average Bonchev–Trinajstić information content (AvgIpc) is 3.23. The van der Waals surface area contributed by atoms with Crippen LogP contribution in [0.2, 0.25) is 0 Å². The Balaban J connectivity index is 3.74. The third-order valence-corrected chi connectivity index (χ3v) is 7.25. The molecule has 0 bridgehead atoms. The summed E-state index contributed by atoms with van der Waals surface area (Å²) < 4.78 is 34.7. The van der Waals surface area contributed by atoms with Crippen molar-refractivity contribution in [2.45, 2.75) is 38.5 Å². The lowest BCUT2D eigenvalue weighted by molar-refractivity contribution is -0.116. The molecule has 0 aliphatic heterocycles. The quantitative estimate of drug-likeness (QED) is 0.0533. The standard InChI is InChI=1S/C39H54N6O12/c1-7-31(46)13-19-52-25-43(26-53-20-14-32(47)8-2)37-40-38(44(27-54-21-15-33(48)9-3)28-55-22-16-34(49)10-4)42-39(41-37)45(29-56-23-17-35(50)11-5)30-57-24-18-36(51)12-6/h7-12H,1-6,13-30H2. The first-order chi connectivity index (χ1) is 27.5. The van der Waals surface area contributed by atoms with E-state index < -0.39 is 0 Å². The number of hydrogen-bond donors (Lipinski definition) is 0. The Hall–Kier alpha value is -5.37. The predicted octanol–water partition coefficient (Wildman–Crippen LogP) is 3.01. The molecule has 0 unspecified atom stereocenters. The summed E-state index contributed by atoms with van der Waals surface area (Å²) in [6.07, 6.45) is 7.42. The molecular formula is C39H54N6O12. The Labute approximate surface area is 333 Å². The first-order valence-corrected chi connectivity index (χ1v) is 17.9. The largest absolute Gasteiger partial charge is 0.360 e. The van der Waals surface area contributed by atoms with Gasteiger partial charge in [-0.05, 0) is 36.5 Å². The molecule has 0 saturated carbocycles. The van der Waals surface area contributed by atoms with Crippen LogP contribution >= 0.6 is 0 Å². The molecule has 0 amide bonds. The van der Waals surface area contributed by atoms with Crippen LogP contribution in [0.3, 0.4) is 0 Å². The Kier molecular flexibility index (Phi) is 26.8. The molecule has 1 rings (SSSR count). The minimum atomic E-state index is -0.231. The molecular weight excluding hydrogens is 744 g/mol. The van der Waals surface area contributed by atoms with Crippen LogP contribution in [-0.2, 0) is 57.2 Å². The second-order valence-corrected chi connectivity index (χ2v) is 11.6. The average molecular weight is 799 g/mol. The van der Waals surface area contributed by atoms with Crippen molar-refractivity contribution in [3.05, 3.63) is 75.9 Å². The van der Waals surface area contributed by atoms with Crippen molar-refractivity contribution in [3.63, 3.8) is 0 Å². The van der Waals surface area contributed by atoms with Crippen LogP contribution in [0, 0.1) is 0 Å². The number of hydrogen-bond acceptors (Lipinski definition) is 18. The normalized spacial score (nSPS) is 10.5. The Morgan fingerprint density at radius 2 is 0.509 bits per heavy atom. The molecule has 18 nitrogen and oxygen atoms in total. The minimum Gasteiger partial charge on any atom is -0.360 e. The molecule has 0 N–H and O–H groups in total. The first-order valence-electron chi connectivity index (χ1n) is 17.9. The van der Waals surface area contributed by atoms with Crippen molar-refractivity contribution in [1.29, 1.82) is 0 Å². The fraction of sp³-hybridized carbons (Fsp3) is 0.462. The van der Waals surface area contributed by atoms with E-state index in [1.165, 1.54) is 51.2 Å². The second-order valence-electron chi connectivity index (χ2n) is 11.6. The van der Waals surface area contributed by atoms with Gasteiger partial charge in [-0.25, -0.2) is 0 Å². The summed E-state index contributed by atoms with van der Waals surface area (Å²) in [4.78, 5) is 89.5. The van der Waals surface area contributed by atoms with Gasteiger partial charge in [0.25, 0.3) is 0 Å². The number of carbonyl (C=O) groups is 6. The number of aromatic nitrogens is 3. The van der Waals surface area contributed by atoms with Gasteiger partial charge < -0.3 is 28.4 Å². The molecule has 0 aliphatic carbocycles. The van der Waals surface area contributed by atoms with E-state index in [-0.39, 0.29) is 171 Å². The zero-order valence-corrected chi connectivity index (χ0v) is 32.5. The van der Waals surface area contributed by atoms with E-state index >= 15 is 0 Å². The maximum Gasteiger partial charge on any atom is 0.235 e. The van der Waals surface area contributed by atoms with Crippen LogP contribution in [0.5, 0.6) is 0 Å².